The molecular formula is C8H8O2S. The van der Waals surface area contributed by atoms with E-state index in [4.69, 9.17) is 5.11 Å². The molecule has 0 aliphatic rings. The highest BCUT2D eigenvalue weighted by Gasteiger charge is 1.93. The Morgan fingerprint density at radius 2 is 2.45 bits per heavy atom. The molecule has 0 atom stereocenters. The Hall–Kier alpha value is -0.930. The van der Waals surface area contributed by atoms with E-state index < -0.39 is 0 Å². The first kappa shape index (κ1) is 8.17. The van der Waals surface area contributed by atoms with E-state index in [-0.39, 0.29) is 6.61 Å². The van der Waals surface area contributed by atoms with E-state index in [0.717, 1.165) is 16.7 Å². The number of hydrogen-bond donors (Lipinski definition) is 1. The molecule has 0 aliphatic carbocycles. The van der Waals surface area contributed by atoms with Gasteiger partial charge in [0.05, 0.1) is 6.61 Å². The predicted molar refractivity (Wildman–Crippen MR) is 45.3 cm³/mol. The van der Waals surface area contributed by atoms with Crippen LogP contribution in [0.5, 0.6) is 0 Å². The summed E-state index contributed by atoms with van der Waals surface area (Å²) in [5.41, 5.74) is 0.964. The van der Waals surface area contributed by atoms with E-state index in [1.54, 1.807) is 6.08 Å². The van der Waals surface area contributed by atoms with Crippen LogP contribution < -0.4 is 0 Å². The summed E-state index contributed by atoms with van der Waals surface area (Å²) in [6, 6.07) is 1.85. The van der Waals surface area contributed by atoms with Gasteiger partial charge in [0.2, 0.25) is 0 Å². The fraction of sp³-hybridized carbons (Fsp3) is 0.125. The Morgan fingerprint density at radius 3 is 3.00 bits per heavy atom. The van der Waals surface area contributed by atoms with E-state index in [9.17, 15) is 4.79 Å². The second-order valence-electron chi connectivity index (χ2n) is 2.00. The molecule has 2 nitrogen and oxygen atoms in total. The normalized spacial score (nSPS) is 10.6. The Kier molecular flexibility index (Phi) is 3.01. The molecule has 0 radical (unpaired) electrons. The summed E-state index contributed by atoms with van der Waals surface area (Å²) in [6.07, 6.45) is 3.88. The van der Waals surface area contributed by atoms with Crippen molar-refractivity contribution in [2.75, 3.05) is 0 Å². The van der Waals surface area contributed by atoms with Crippen LogP contribution >= 0.6 is 11.3 Å². The van der Waals surface area contributed by atoms with E-state index in [2.05, 4.69) is 0 Å². The van der Waals surface area contributed by atoms with Crippen molar-refractivity contribution in [3.63, 3.8) is 0 Å². The van der Waals surface area contributed by atoms with Crippen LogP contribution in [0.15, 0.2) is 17.5 Å². The molecule has 0 fully saturated rings. The van der Waals surface area contributed by atoms with Gasteiger partial charge in [-0.3, -0.25) is 4.79 Å². The van der Waals surface area contributed by atoms with Crippen molar-refractivity contribution in [1.82, 2.24) is 0 Å². The maximum absolute atomic E-state index is 9.92. The minimum Gasteiger partial charge on any atom is -0.391 e. The third-order valence-corrected chi connectivity index (χ3v) is 2.14. The molecule has 0 unspecified atom stereocenters. The number of aldehydes is 1. The molecule has 1 N–H and O–H groups in total. The third kappa shape index (κ3) is 2.29. The van der Waals surface area contributed by atoms with Crippen LogP contribution in [-0.4, -0.2) is 11.4 Å². The Labute approximate surface area is 68.8 Å². The van der Waals surface area contributed by atoms with Gasteiger partial charge >= 0.3 is 0 Å². The Balaban J connectivity index is 2.72. The largest absolute Gasteiger partial charge is 0.391 e. The zero-order valence-corrected chi connectivity index (χ0v) is 6.67. The lowest BCUT2D eigenvalue weighted by Crippen LogP contribution is -1.71. The second kappa shape index (κ2) is 4.05. The molecule has 0 saturated heterocycles. The number of allylic oxidation sites excluding steroid dienone is 1. The molecule has 0 spiro atoms. The van der Waals surface area contributed by atoms with Gasteiger partial charge in [-0.1, -0.05) is 6.08 Å². The number of hydrogen-bond acceptors (Lipinski definition) is 3. The number of carbonyl (C=O) groups is 1. The lowest BCUT2D eigenvalue weighted by atomic mass is 10.3. The molecule has 0 bridgehead atoms. The van der Waals surface area contributed by atoms with Gasteiger partial charge in [0.25, 0.3) is 0 Å². The van der Waals surface area contributed by atoms with Crippen molar-refractivity contribution in [3.05, 3.63) is 28.0 Å². The molecule has 1 rings (SSSR count). The molecule has 0 saturated carbocycles. The topological polar surface area (TPSA) is 37.3 Å². The minimum absolute atomic E-state index is 0.0690. The van der Waals surface area contributed by atoms with Gasteiger partial charge in [0, 0.05) is 4.88 Å². The maximum Gasteiger partial charge on any atom is 0.142 e. The van der Waals surface area contributed by atoms with Crippen molar-refractivity contribution >= 4 is 23.7 Å². The maximum atomic E-state index is 9.92. The standard InChI is InChI=1S/C8H8O2S/c9-3-1-2-7-4-8(5-10)11-6-7/h1-4,6,10H,5H2. The molecule has 1 aromatic rings. The fourth-order valence-corrected chi connectivity index (χ4v) is 1.43. The first-order valence-electron chi connectivity index (χ1n) is 3.17. The van der Waals surface area contributed by atoms with Crippen LogP contribution in [0.2, 0.25) is 0 Å². The van der Waals surface area contributed by atoms with Gasteiger partial charge in [-0.05, 0) is 23.1 Å². The van der Waals surface area contributed by atoms with Crippen LogP contribution in [0.3, 0.4) is 0 Å². The molecule has 11 heavy (non-hydrogen) atoms. The number of thiophene rings is 1. The summed E-state index contributed by atoms with van der Waals surface area (Å²) in [7, 11) is 0. The van der Waals surface area contributed by atoms with Crippen molar-refractivity contribution in [1.29, 1.82) is 0 Å². The lowest BCUT2D eigenvalue weighted by molar-refractivity contribution is -0.104. The van der Waals surface area contributed by atoms with Crippen LogP contribution in [-0.2, 0) is 11.4 Å². The quantitative estimate of drug-likeness (QED) is 0.548. The third-order valence-electron chi connectivity index (χ3n) is 1.20. The summed E-state index contributed by atoms with van der Waals surface area (Å²) in [5, 5.41) is 10.6. The first-order chi connectivity index (χ1) is 5.36. The Bertz CT molecular complexity index is 263. The molecule has 0 aromatic carbocycles. The number of aliphatic hydroxyl groups is 1. The van der Waals surface area contributed by atoms with Crippen molar-refractivity contribution in [2.24, 2.45) is 0 Å². The van der Waals surface area contributed by atoms with Gasteiger partial charge in [0.15, 0.2) is 0 Å². The second-order valence-corrected chi connectivity index (χ2v) is 3.00. The summed E-state index contributed by atoms with van der Waals surface area (Å²) in [4.78, 5) is 10.8. The van der Waals surface area contributed by atoms with Crippen molar-refractivity contribution in [2.45, 2.75) is 6.61 Å². The van der Waals surface area contributed by atoms with Gasteiger partial charge in [-0.2, -0.15) is 0 Å². The number of rotatable bonds is 3. The number of carbonyl (C=O) groups excluding carboxylic acids is 1. The van der Waals surface area contributed by atoms with Gasteiger partial charge in [-0.25, -0.2) is 0 Å². The minimum atomic E-state index is 0.0690. The summed E-state index contributed by atoms with van der Waals surface area (Å²) >= 11 is 1.48. The van der Waals surface area contributed by atoms with Crippen LogP contribution in [0.1, 0.15) is 10.4 Å². The van der Waals surface area contributed by atoms with Gasteiger partial charge < -0.3 is 5.11 Å². The predicted octanol–water partition coefficient (Wildman–Crippen LogP) is 1.45. The van der Waals surface area contributed by atoms with E-state index in [0.29, 0.717) is 0 Å². The van der Waals surface area contributed by atoms with Crippen molar-refractivity contribution < 1.29 is 9.90 Å². The summed E-state index contributed by atoms with van der Waals surface area (Å²) < 4.78 is 0. The lowest BCUT2D eigenvalue weighted by Gasteiger charge is -1.81. The van der Waals surface area contributed by atoms with Crippen LogP contribution in [0, 0.1) is 0 Å². The average Bonchev–Trinajstić information content (AvgIpc) is 2.48. The zero-order valence-electron chi connectivity index (χ0n) is 5.86. The van der Waals surface area contributed by atoms with Crippen LogP contribution in [0.25, 0.3) is 6.08 Å². The Morgan fingerprint density at radius 1 is 1.64 bits per heavy atom. The monoisotopic (exact) mass is 168 g/mol. The highest BCUT2D eigenvalue weighted by atomic mass is 32.1. The van der Waals surface area contributed by atoms with Gasteiger partial charge in [-0.15, -0.1) is 11.3 Å². The molecule has 1 aromatic heterocycles. The molecule has 0 amide bonds. The van der Waals surface area contributed by atoms with E-state index >= 15 is 0 Å². The molecule has 0 aliphatic heterocycles. The zero-order chi connectivity index (χ0) is 8.10. The average molecular weight is 168 g/mol. The number of aliphatic hydroxyl groups excluding tert-OH is 1. The fourth-order valence-electron chi connectivity index (χ4n) is 0.718. The summed E-state index contributed by atoms with van der Waals surface area (Å²) in [5.74, 6) is 0. The summed E-state index contributed by atoms with van der Waals surface area (Å²) in [6.45, 7) is 0.0690. The molecule has 3 heteroatoms. The van der Waals surface area contributed by atoms with E-state index in [1.165, 1.54) is 17.4 Å². The van der Waals surface area contributed by atoms with Crippen LogP contribution in [0.4, 0.5) is 0 Å². The van der Waals surface area contributed by atoms with Gasteiger partial charge in [0.1, 0.15) is 6.29 Å². The molecule has 58 valence electrons. The SMILES string of the molecule is O=CC=Cc1csc(CO)c1. The highest BCUT2D eigenvalue weighted by Crippen LogP contribution is 2.15. The molecule has 1 heterocycles. The van der Waals surface area contributed by atoms with Crippen molar-refractivity contribution in [3.8, 4) is 0 Å². The van der Waals surface area contributed by atoms with E-state index in [1.807, 2.05) is 11.4 Å². The first-order valence-corrected chi connectivity index (χ1v) is 4.05. The smallest absolute Gasteiger partial charge is 0.142 e. The molecular weight excluding hydrogens is 160 g/mol. The highest BCUT2D eigenvalue weighted by molar-refractivity contribution is 7.10.